The molecule has 1 aromatic heterocycles. The van der Waals surface area contributed by atoms with E-state index in [-0.39, 0.29) is 0 Å². The molecule has 0 radical (unpaired) electrons. The van der Waals surface area contributed by atoms with Crippen LogP contribution in [0.15, 0.2) is 12.5 Å². The van der Waals surface area contributed by atoms with Crippen LogP contribution in [0.2, 0.25) is 0 Å². The quantitative estimate of drug-likeness (QED) is 0.708. The Bertz CT molecular complexity index is 220. The van der Waals surface area contributed by atoms with Gasteiger partial charge in [0.25, 0.3) is 0 Å². The molecular weight excluding hydrogens is 204 g/mol. The maximum absolute atomic E-state index is 4.06. The normalized spacial score (nSPS) is 13.4. The van der Waals surface area contributed by atoms with E-state index in [0.29, 0.717) is 5.92 Å². The van der Waals surface area contributed by atoms with Gasteiger partial charge in [-0.05, 0) is 12.3 Å². The second-order valence-corrected chi connectivity index (χ2v) is 3.61. The number of imidazole rings is 1. The van der Waals surface area contributed by atoms with Gasteiger partial charge in [-0.25, -0.2) is 4.98 Å². The van der Waals surface area contributed by atoms with Crippen molar-refractivity contribution in [2.75, 3.05) is 5.33 Å². The van der Waals surface area contributed by atoms with E-state index in [2.05, 4.69) is 32.4 Å². The zero-order valence-electron chi connectivity index (χ0n) is 6.92. The number of alkyl halides is 1. The van der Waals surface area contributed by atoms with Gasteiger partial charge in [0.15, 0.2) is 0 Å². The summed E-state index contributed by atoms with van der Waals surface area (Å²) in [4.78, 5) is 4.06. The van der Waals surface area contributed by atoms with E-state index in [1.807, 2.05) is 19.6 Å². The Morgan fingerprint density at radius 1 is 1.73 bits per heavy atom. The molecule has 62 valence electrons. The maximum atomic E-state index is 4.06. The monoisotopic (exact) mass is 216 g/mol. The highest BCUT2D eigenvalue weighted by Gasteiger charge is 2.03. The molecule has 3 heteroatoms. The average molecular weight is 217 g/mol. The van der Waals surface area contributed by atoms with Crippen molar-refractivity contribution in [2.45, 2.75) is 13.3 Å². The Balaban J connectivity index is 2.56. The fourth-order valence-corrected chi connectivity index (χ4v) is 1.22. The number of rotatable bonds is 3. The summed E-state index contributed by atoms with van der Waals surface area (Å²) in [5.41, 5.74) is 1.30. The molecule has 0 fully saturated rings. The van der Waals surface area contributed by atoms with E-state index in [1.54, 1.807) is 0 Å². The second kappa shape index (κ2) is 3.90. The molecule has 0 bridgehead atoms. The summed E-state index contributed by atoms with van der Waals surface area (Å²) in [6.07, 6.45) is 4.87. The van der Waals surface area contributed by atoms with Crippen molar-refractivity contribution in [1.82, 2.24) is 9.55 Å². The number of halogens is 1. The van der Waals surface area contributed by atoms with E-state index in [9.17, 15) is 0 Å². The number of aryl methyl sites for hydroxylation is 1. The first-order valence-corrected chi connectivity index (χ1v) is 4.87. The van der Waals surface area contributed by atoms with Crippen LogP contribution in [-0.4, -0.2) is 14.9 Å². The van der Waals surface area contributed by atoms with Gasteiger partial charge in [-0.3, -0.25) is 0 Å². The highest BCUT2D eigenvalue weighted by atomic mass is 79.9. The van der Waals surface area contributed by atoms with Crippen LogP contribution in [0.1, 0.15) is 12.6 Å². The van der Waals surface area contributed by atoms with Crippen molar-refractivity contribution in [3.8, 4) is 0 Å². The molecule has 0 saturated carbocycles. The third-order valence-corrected chi connectivity index (χ3v) is 2.84. The summed E-state index contributed by atoms with van der Waals surface area (Å²) in [6, 6.07) is 0. The lowest BCUT2D eigenvalue weighted by Crippen LogP contribution is -2.04. The van der Waals surface area contributed by atoms with Crippen molar-refractivity contribution in [3.63, 3.8) is 0 Å². The minimum atomic E-state index is 0.686. The molecule has 1 unspecified atom stereocenters. The largest absolute Gasteiger partial charge is 0.338 e. The summed E-state index contributed by atoms with van der Waals surface area (Å²) >= 11 is 3.46. The molecule has 11 heavy (non-hydrogen) atoms. The lowest BCUT2D eigenvalue weighted by Gasteiger charge is -2.06. The van der Waals surface area contributed by atoms with E-state index in [0.717, 1.165) is 11.8 Å². The van der Waals surface area contributed by atoms with Crippen LogP contribution in [0.4, 0.5) is 0 Å². The van der Waals surface area contributed by atoms with Crippen LogP contribution in [0.5, 0.6) is 0 Å². The standard InChI is InChI=1S/C8H13BrN2/c1-7(4-9)3-8-5-10-6-11(8)2/h5-7H,3-4H2,1-2H3. The lowest BCUT2D eigenvalue weighted by atomic mass is 10.1. The molecule has 1 heterocycles. The highest BCUT2D eigenvalue weighted by Crippen LogP contribution is 2.08. The summed E-state index contributed by atoms with van der Waals surface area (Å²) < 4.78 is 2.07. The van der Waals surface area contributed by atoms with Crippen LogP contribution in [0.3, 0.4) is 0 Å². The third kappa shape index (κ3) is 2.33. The molecule has 0 aliphatic heterocycles. The molecule has 0 amide bonds. The first-order chi connectivity index (χ1) is 5.24. The fraction of sp³-hybridized carbons (Fsp3) is 0.625. The Labute approximate surface area is 75.8 Å². The second-order valence-electron chi connectivity index (χ2n) is 2.96. The van der Waals surface area contributed by atoms with Crippen molar-refractivity contribution in [3.05, 3.63) is 18.2 Å². The van der Waals surface area contributed by atoms with Crippen molar-refractivity contribution >= 4 is 15.9 Å². The Morgan fingerprint density at radius 2 is 2.45 bits per heavy atom. The van der Waals surface area contributed by atoms with Crippen LogP contribution in [0, 0.1) is 5.92 Å². The molecule has 0 aromatic carbocycles. The van der Waals surface area contributed by atoms with Crippen LogP contribution in [0.25, 0.3) is 0 Å². The number of hydrogen-bond acceptors (Lipinski definition) is 1. The average Bonchev–Trinajstić information content (AvgIpc) is 2.37. The summed E-state index contributed by atoms with van der Waals surface area (Å²) in [6.45, 7) is 2.22. The Morgan fingerprint density at radius 3 is 2.91 bits per heavy atom. The van der Waals surface area contributed by atoms with Gasteiger partial charge in [0.05, 0.1) is 6.33 Å². The molecule has 1 aromatic rings. The summed E-state index contributed by atoms with van der Waals surface area (Å²) in [5.74, 6) is 0.686. The minimum absolute atomic E-state index is 0.686. The van der Waals surface area contributed by atoms with E-state index >= 15 is 0 Å². The number of aromatic nitrogens is 2. The third-order valence-electron chi connectivity index (χ3n) is 1.74. The van der Waals surface area contributed by atoms with E-state index < -0.39 is 0 Å². The predicted octanol–water partition coefficient (Wildman–Crippen LogP) is 1.99. The molecular formula is C8H13BrN2. The van der Waals surface area contributed by atoms with Crippen molar-refractivity contribution in [1.29, 1.82) is 0 Å². The van der Waals surface area contributed by atoms with E-state index in [4.69, 9.17) is 0 Å². The van der Waals surface area contributed by atoms with Gasteiger partial charge in [-0.1, -0.05) is 22.9 Å². The van der Waals surface area contributed by atoms with Crippen molar-refractivity contribution < 1.29 is 0 Å². The fourth-order valence-electron chi connectivity index (χ4n) is 0.993. The highest BCUT2D eigenvalue weighted by molar-refractivity contribution is 9.09. The summed E-state index contributed by atoms with van der Waals surface area (Å²) in [5, 5.41) is 1.05. The first-order valence-electron chi connectivity index (χ1n) is 3.75. The molecule has 0 saturated heterocycles. The molecule has 0 aliphatic rings. The topological polar surface area (TPSA) is 17.8 Å². The van der Waals surface area contributed by atoms with Gasteiger partial charge in [0.1, 0.15) is 0 Å². The zero-order valence-corrected chi connectivity index (χ0v) is 8.50. The predicted molar refractivity (Wildman–Crippen MR) is 49.9 cm³/mol. The Kier molecular flexibility index (Phi) is 3.12. The lowest BCUT2D eigenvalue weighted by molar-refractivity contribution is 0.629. The van der Waals surface area contributed by atoms with Gasteiger partial charge in [0, 0.05) is 24.3 Å². The van der Waals surface area contributed by atoms with Crippen LogP contribution < -0.4 is 0 Å². The first kappa shape index (κ1) is 8.78. The van der Waals surface area contributed by atoms with Crippen molar-refractivity contribution in [2.24, 2.45) is 13.0 Å². The van der Waals surface area contributed by atoms with Gasteiger partial charge < -0.3 is 4.57 Å². The summed E-state index contributed by atoms with van der Waals surface area (Å²) in [7, 11) is 2.03. The van der Waals surface area contributed by atoms with Crippen LogP contribution >= 0.6 is 15.9 Å². The SMILES string of the molecule is CC(CBr)Cc1cncn1C. The van der Waals surface area contributed by atoms with Gasteiger partial charge in [-0.15, -0.1) is 0 Å². The molecule has 1 atom stereocenters. The van der Waals surface area contributed by atoms with Gasteiger partial charge >= 0.3 is 0 Å². The molecule has 0 N–H and O–H groups in total. The maximum Gasteiger partial charge on any atom is 0.0945 e. The van der Waals surface area contributed by atoms with Crippen LogP contribution in [-0.2, 0) is 13.5 Å². The molecule has 0 spiro atoms. The zero-order chi connectivity index (χ0) is 8.27. The Hall–Kier alpha value is -0.310. The smallest absolute Gasteiger partial charge is 0.0945 e. The molecule has 0 aliphatic carbocycles. The number of nitrogens with zero attached hydrogens (tertiary/aromatic N) is 2. The van der Waals surface area contributed by atoms with E-state index in [1.165, 1.54) is 5.69 Å². The van der Waals surface area contributed by atoms with Gasteiger partial charge in [-0.2, -0.15) is 0 Å². The van der Waals surface area contributed by atoms with Gasteiger partial charge in [0.2, 0.25) is 0 Å². The minimum Gasteiger partial charge on any atom is -0.338 e. The molecule has 1 rings (SSSR count). The number of hydrogen-bond donors (Lipinski definition) is 0. The molecule has 2 nitrogen and oxygen atoms in total.